The molecule has 0 aliphatic carbocycles. The second-order valence-electron chi connectivity index (χ2n) is 8.99. The van der Waals surface area contributed by atoms with Gasteiger partial charge >= 0.3 is 10.2 Å². The molecule has 0 amide bonds. The molecule has 13 nitrogen and oxygen atoms in total. The molecule has 4 heterocycles. The topological polar surface area (TPSA) is 164 Å². The van der Waals surface area contributed by atoms with Gasteiger partial charge in [0.25, 0.3) is 0 Å². The van der Waals surface area contributed by atoms with Gasteiger partial charge in [-0.1, -0.05) is 11.6 Å². The molecule has 1 aliphatic rings. The van der Waals surface area contributed by atoms with Gasteiger partial charge in [-0.3, -0.25) is 9.62 Å². The van der Waals surface area contributed by atoms with Crippen molar-refractivity contribution in [2.75, 3.05) is 56.2 Å². The summed E-state index contributed by atoms with van der Waals surface area (Å²) >= 11 is 6.17. The molecule has 1 aliphatic heterocycles. The minimum atomic E-state index is -3.92. The van der Waals surface area contributed by atoms with Crippen LogP contribution in [0.1, 0.15) is 24.4 Å². The molecule has 204 valence electrons. The van der Waals surface area contributed by atoms with Crippen LogP contribution in [0.2, 0.25) is 5.15 Å². The fraction of sp³-hybridized carbons (Fsp3) is 0.391. The molecule has 0 bridgehead atoms. The number of anilines is 4. The van der Waals surface area contributed by atoms with Crippen LogP contribution in [-0.4, -0.2) is 78.7 Å². The number of hydrogen-bond donors (Lipinski definition) is 4. The zero-order valence-corrected chi connectivity index (χ0v) is 23.1. The summed E-state index contributed by atoms with van der Waals surface area (Å²) < 4.78 is 32.6. The molecule has 0 radical (unpaired) electrons. The number of hydrogen-bond acceptors (Lipinski definition) is 11. The van der Waals surface area contributed by atoms with Crippen LogP contribution in [0, 0.1) is 6.92 Å². The zero-order chi connectivity index (χ0) is 27.4. The maximum atomic E-state index is 12.3. The molecule has 1 atom stereocenters. The lowest BCUT2D eigenvalue weighted by Gasteiger charge is -2.32. The third-order valence-corrected chi connectivity index (χ3v) is 7.16. The van der Waals surface area contributed by atoms with Crippen molar-refractivity contribution in [3.8, 4) is 11.3 Å². The third-order valence-electron chi connectivity index (χ3n) is 5.77. The van der Waals surface area contributed by atoms with Gasteiger partial charge in [0.2, 0.25) is 0 Å². The number of nitrogens with one attached hydrogen (secondary N) is 3. The molecule has 3 aromatic heterocycles. The molecule has 1 saturated heterocycles. The van der Waals surface area contributed by atoms with E-state index in [4.69, 9.17) is 27.1 Å². The van der Waals surface area contributed by atoms with Gasteiger partial charge in [-0.05, 0) is 31.5 Å². The quantitative estimate of drug-likeness (QED) is 0.223. The first-order valence-electron chi connectivity index (χ1n) is 11.8. The summed E-state index contributed by atoms with van der Waals surface area (Å²) in [6.07, 6.45) is 3.28. The van der Waals surface area contributed by atoms with Gasteiger partial charge in [-0.15, -0.1) is 4.83 Å². The van der Waals surface area contributed by atoms with E-state index in [1.807, 2.05) is 6.07 Å². The van der Waals surface area contributed by atoms with Crippen molar-refractivity contribution in [1.82, 2.24) is 34.7 Å². The maximum absolute atomic E-state index is 12.3. The van der Waals surface area contributed by atoms with E-state index in [-0.39, 0.29) is 16.9 Å². The van der Waals surface area contributed by atoms with E-state index in [9.17, 15) is 8.42 Å². The summed E-state index contributed by atoms with van der Waals surface area (Å²) in [4.78, 5) is 22.2. The Balaban J connectivity index is 1.70. The van der Waals surface area contributed by atoms with Crippen LogP contribution >= 0.6 is 11.6 Å². The number of hydrazine groups is 1. The van der Waals surface area contributed by atoms with Crippen molar-refractivity contribution < 1.29 is 13.2 Å². The van der Waals surface area contributed by atoms with Gasteiger partial charge in [0.05, 0.1) is 36.5 Å². The van der Waals surface area contributed by atoms with Crippen LogP contribution in [0.5, 0.6) is 0 Å². The van der Waals surface area contributed by atoms with E-state index in [0.29, 0.717) is 47.6 Å². The number of nitrogen functional groups attached to an aromatic ring is 1. The molecule has 0 saturated carbocycles. The second kappa shape index (κ2) is 11.7. The SMILES string of the molecule is Cc1nc(N)cc(-c2cc(C(C)N3CCOCC3)cnc2Nc2cnc(Cl)c(NS(=O)(=O)NN(C)C)c2)n1. The molecule has 1 unspecified atom stereocenters. The van der Waals surface area contributed by atoms with Crippen LogP contribution in [0.4, 0.5) is 23.0 Å². The van der Waals surface area contributed by atoms with Gasteiger partial charge < -0.3 is 15.8 Å². The largest absolute Gasteiger partial charge is 0.384 e. The molecule has 3 aromatic rings. The molecule has 38 heavy (non-hydrogen) atoms. The highest BCUT2D eigenvalue weighted by atomic mass is 35.5. The minimum Gasteiger partial charge on any atom is -0.384 e. The fourth-order valence-electron chi connectivity index (χ4n) is 4.04. The van der Waals surface area contributed by atoms with E-state index >= 15 is 0 Å². The number of nitrogens with zero attached hydrogens (tertiary/aromatic N) is 6. The average molecular weight is 563 g/mol. The van der Waals surface area contributed by atoms with Crippen molar-refractivity contribution >= 4 is 44.8 Å². The Kier molecular flexibility index (Phi) is 8.60. The summed E-state index contributed by atoms with van der Waals surface area (Å²) in [7, 11) is -0.817. The lowest BCUT2D eigenvalue weighted by atomic mass is 10.0. The predicted octanol–water partition coefficient (Wildman–Crippen LogP) is 2.34. The molecule has 1 fully saturated rings. The number of aromatic nitrogens is 4. The molecule has 0 aromatic carbocycles. The van der Waals surface area contributed by atoms with Gasteiger partial charge in [0.1, 0.15) is 17.5 Å². The van der Waals surface area contributed by atoms with E-state index in [1.54, 1.807) is 33.3 Å². The average Bonchev–Trinajstić information content (AvgIpc) is 2.85. The summed E-state index contributed by atoms with van der Waals surface area (Å²) in [5, 5.41) is 4.49. The van der Waals surface area contributed by atoms with Crippen LogP contribution in [0.25, 0.3) is 11.3 Å². The lowest BCUT2D eigenvalue weighted by molar-refractivity contribution is 0.0198. The van der Waals surface area contributed by atoms with Crippen molar-refractivity contribution in [2.45, 2.75) is 19.9 Å². The van der Waals surface area contributed by atoms with E-state index < -0.39 is 10.2 Å². The minimum absolute atomic E-state index is 0.0123. The Morgan fingerprint density at radius 1 is 1.13 bits per heavy atom. The normalized spacial score (nSPS) is 15.4. The van der Waals surface area contributed by atoms with Crippen LogP contribution in [0.15, 0.2) is 30.6 Å². The highest BCUT2D eigenvalue weighted by Gasteiger charge is 2.21. The van der Waals surface area contributed by atoms with E-state index in [2.05, 4.69) is 41.6 Å². The smallest absolute Gasteiger partial charge is 0.312 e. The first-order chi connectivity index (χ1) is 18.0. The first kappa shape index (κ1) is 27.9. The highest BCUT2D eigenvalue weighted by Crippen LogP contribution is 2.33. The number of aryl methyl sites for hydroxylation is 1. The van der Waals surface area contributed by atoms with Crippen molar-refractivity contribution in [3.63, 3.8) is 0 Å². The van der Waals surface area contributed by atoms with Gasteiger partial charge in [0, 0.05) is 51.1 Å². The number of halogens is 1. The molecule has 0 spiro atoms. The van der Waals surface area contributed by atoms with Gasteiger partial charge in [-0.25, -0.2) is 24.9 Å². The van der Waals surface area contributed by atoms with Crippen LogP contribution in [0.3, 0.4) is 0 Å². The fourth-order valence-corrected chi connectivity index (χ4v) is 5.22. The van der Waals surface area contributed by atoms with Crippen molar-refractivity contribution in [2.24, 2.45) is 0 Å². The molecule has 4 rings (SSSR count). The summed E-state index contributed by atoms with van der Waals surface area (Å²) in [5.41, 5.74) is 8.87. The Morgan fingerprint density at radius 2 is 1.87 bits per heavy atom. The Bertz CT molecular complexity index is 1380. The Morgan fingerprint density at radius 3 is 2.55 bits per heavy atom. The number of pyridine rings is 2. The second-order valence-corrected chi connectivity index (χ2v) is 10.7. The van der Waals surface area contributed by atoms with Gasteiger partial charge in [0.15, 0.2) is 5.15 Å². The van der Waals surface area contributed by atoms with Crippen LogP contribution < -0.4 is 20.6 Å². The summed E-state index contributed by atoms with van der Waals surface area (Å²) in [6, 6.07) is 5.33. The molecular formula is C23H31ClN10O3S. The first-order valence-corrected chi connectivity index (χ1v) is 13.7. The number of morpholine rings is 1. The number of nitrogens with two attached hydrogens (primary N) is 1. The van der Waals surface area contributed by atoms with E-state index in [0.717, 1.165) is 18.7 Å². The number of rotatable bonds is 9. The Hall–Kier alpha value is -3.14. The third kappa shape index (κ3) is 7.03. The number of ether oxygens (including phenoxy) is 1. The lowest BCUT2D eigenvalue weighted by Crippen LogP contribution is -2.40. The van der Waals surface area contributed by atoms with E-state index in [1.165, 1.54) is 17.3 Å². The maximum Gasteiger partial charge on any atom is 0.312 e. The Labute approximate surface area is 226 Å². The van der Waals surface area contributed by atoms with Crippen molar-refractivity contribution in [1.29, 1.82) is 0 Å². The monoisotopic (exact) mass is 562 g/mol. The van der Waals surface area contributed by atoms with Crippen molar-refractivity contribution in [3.05, 3.63) is 47.1 Å². The van der Waals surface area contributed by atoms with Gasteiger partial charge in [-0.2, -0.15) is 8.42 Å². The highest BCUT2D eigenvalue weighted by molar-refractivity contribution is 7.90. The summed E-state index contributed by atoms with van der Waals surface area (Å²) in [6.45, 7) is 6.92. The summed E-state index contributed by atoms with van der Waals surface area (Å²) in [5.74, 6) is 1.34. The molecule has 15 heteroatoms. The predicted molar refractivity (Wildman–Crippen MR) is 147 cm³/mol. The molecular weight excluding hydrogens is 532 g/mol. The molecule has 5 N–H and O–H groups in total. The zero-order valence-electron chi connectivity index (χ0n) is 21.6. The van der Waals surface area contributed by atoms with Crippen LogP contribution in [-0.2, 0) is 14.9 Å². The standard InChI is InChI=1S/C23H31ClN10O3S/c1-14(34-5-7-37-8-6-34)16-9-18(19-11-21(25)29-15(2)28-19)23(27-12-16)30-17-10-20(22(24)26-13-17)31-38(35,36)32-33(3)4/h9-14,31-32H,5-8H2,1-4H3,(H,27,30)(H2,25,28,29).